The van der Waals surface area contributed by atoms with E-state index in [4.69, 9.17) is 5.11 Å². The summed E-state index contributed by atoms with van der Waals surface area (Å²) in [7, 11) is 1.36. The summed E-state index contributed by atoms with van der Waals surface area (Å²) in [5.74, 6) is -1.67. The summed E-state index contributed by atoms with van der Waals surface area (Å²) in [5, 5.41) is 22.7. The second-order valence-electron chi connectivity index (χ2n) is 4.21. The highest BCUT2D eigenvalue weighted by Crippen LogP contribution is 1.95. The third kappa shape index (κ3) is 6.61. The van der Waals surface area contributed by atoms with Gasteiger partial charge in [-0.05, 0) is 13.3 Å². The first-order valence-corrected chi connectivity index (χ1v) is 5.98. The summed E-state index contributed by atoms with van der Waals surface area (Å²) >= 11 is 0. The van der Waals surface area contributed by atoms with E-state index in [0.717, 1.165) is 11.3 Å². The van der Waals surface area contributed by atoms with Crippen LogP contribution in [-0.2, 0) is 9.59 Å². The van der Waals surface area contributed by atoms with Crippen molar-refractivity contribution in [3.05, 3.63) is 0 Å². The fourth-order valence-electron chi connectivity index (χ4n) is 1.24. The molecular formula is C11H21N3O5. The predicted molar refractivity (Wildman–Crippen MR) is 67.6 cm³/mol. The fraction of sp³-hybridized carbons (Fsp3) is 0.727. The molecule has 0 aliphatic carbocycles. The van der Waals surface area contributed by atoms with Crippen LogP contribution in [0.2, 0.25) is 0 Å². The van der Waals surface area contributed by atoms with Gasteiger partial charge in [0.25, 0.3) is 0 Å². The Labute approximate surface area is 111 Å². The van der Waals surface area contributed by atoms with E-state index < -0.39 is 24.1 Å². The quantitative estimate of drug-likeness (QED) is 0.474. The van der Waals surface area contributed by atoms with E-state index in [9.17, 15) is 19.5 Å². The average Bonchev–Trinajstić information content (AvgIpc) is 2.31. The van der Waals surface area contributed by atoms with E-state index in [-0.39, 0.29) is 12.5 Å². The van der Waals surface area contributed by atoms with Crippen LogP contribution in [0.4, 0.5) is 4.79 Å². The van der Waals surface area contributed by atoms with Crippen molar-refractivity contribution in [1.29, 1.82) is 0 Å². The zero-order valence-corrected chi connectivity index (χ0v) is 11.3. The lowest BCUT2D eigenvalue weighted by atomic mass is 10.2. The molecule has 0 aromatic heterocycles. The van der Waals surface area contributed by atoms with Crippen molar-refractivity contribution < 1.29 is 24.6 Å². The molecule has 0 bridgehead atoms. The van der Waals surface area contributed by atoms with Crippen LogP contribution in [0.3, 0.4) is 0 Å². The number of carbonyl (C=O) groups is 3. The van der Waals surface area contributed by atoms with Crippen LogP contribution in [0, 0.1) is 0 Å². The summed E-state index contributed by atoms with van der Waals surface area (Å²) in [5.41, 5.74) is 0. The number of aliphatic hydroxyl groups is 1. The van der Waals surface area contributed by atoms with Crippen molar-refractivity contribution in [2.45, 2.75) is 32.4 Å². The first-order valence-electron chi connectivity index (χ1n) is 5.98. The van der Waals surface area contributed by atoms with Gasteiger partial charge in [-0.15, -0.1) is 0 Å². The molecule has 0 aliphatic heterocycles. The predicted octanol–water partition coefficient (Wildman–Crippen LogP) is -1.01. The van der Waals surface area contributed by atoms with Gasteiger partial charge in [-0.2, -0.15) is 0 Å². The Morgan fingerprint density at radius 2 is 1.89 bits per heavy atom. The highest BCUT2D eigenvalue weighted by molar-refractivity contribution is 5.86. The Morgan fingerprint density at radius 3 is 2.32 bits per heavy atom. The minimum atomic E-state index is -1.41. The number of hydrogen-bond acceptors (Lipinski definition) is 4. The third-order valence-corrected chi connectivity index (χ3v) is 2.33. The zero-order valence-electron chi connectivity index (χ0n) is 11.3. The van der Waals surface area contributed by atoms with Gasteiger partial charge < -0.3 is 25.7 Å². The smallest absolute Gasteiger partial charge is 0.328 e. The molecule has 0 radical (unpaired) electrons. The van der Waals surface area contributed by atoms with Gasteiger partial charge >= 0.3 is 12.0 Å². The number of hydrogen-bond donors (Lipinski definition) is 4. The molecule has 0 saturated carbocycles. The molecule has 2 atom stereocenters. The Hall–Kier alpha value is -1.83. The molecule has 0 fully saturated rings. The summed E-state index contributed by atoms with van der Waals surface area (Å²) in [6.07, 6.45) is -0.450. The molecule has 4 N–H and O–H groups in total. The Morgan fingerprint density at radius 1 is 1.32 bits per heavy atom. The van der Waals surface area contributed by atoms with Crippen LogP contribution in [0.5, 0.6) is 0 Å². The third-order valence-electron chi connectivity index (χ3n) is 2.33. The number of carboxylic acid groups (broad SMARTS) is 1. The van der Waals surface area contributed by atoms with Crippen molar-refractivity contribution in [1.82, 2.24) is 15.5 Å². The second kappa shape index (κ2) is 8.30. The Kier molecular flexibility index (Phi) is 7.50. The van der Waals surface area contributed by atoms with E-state index in [2.05, 4.69) is 10.6 Å². The van der Waals surface area contributed by atoms with Crippen LogP contribution in [-0.4, -0.2) is 65.3 Å². The number of urea groups is 1. The number of likely N-dealkylation sites (N-methyl/N-ethyl adjacent to an activating group) is 1. The zero-order chi connectivity index (χ0) is 15.0. The second-order valence-corrected chi connectivity index (χ2v) is 4.21. The lowest BCUT2D eigenvalue weighted by Gasteiger charge is -2.22. The van der Waals surface area contributed by atoms with E-state index in [1.165, 1.54) is 14.0 Å². The number of aliphatic carboxylic acids is 1. The van der Waals surface area contributed by atoms with Gasteiger partial charge in [-0.3, -0.25) is 4.79 Å². The molecule has 3 amide bonds. The van der Waals surface area contributed by atoms with Crippen LogP contribution in [0.25, 0.3) is 0 Å². The highest BCUT2D eigenvalue weighted by Gasteiger charge is 2.26. The molecule has 0 aliphatic rings. The van der Waals surface area contributed by atoms with Crippen molar-refractivity contribution in [2.24, 2.45) is 0 Å². The lowest BCUT2D eigenvalue weighted by Crippen LogP contribution is -2.52. The summed E-state index contributed by atoms with van der Waals surface area (Å²) in [4.78, 5) is 34.8. The molecule has 8 heteroatoms. The minimum absolute atomic E-state index is 0.183. The summed E-state index contributed by atoms with van der Waals surface area (Å²) in [6.45, 7) is 3.49. The maximum Gasteiger partial charge on any atom is 0.328 e. The van der Waals surface area contributed by atoms with Gasteiger partial charge in [0.2, 0.25) is 5.91 Å². The van der Waals surface area contributed by atoms with Gasteiger partial charge in [0.15, 0.2) is 6.04 Å². The lowest BCUT2D eigenvalue weighted by molar-refractivity contribution is -0.141. The molecule has 0 unspecified atom stereocenters. The first-order chi connectivity index (χ1) is 8.79. The number of aliphatic hydroxyl groups excluding tert-OH is 1. The molecule has 8 nitrogen and oxygen atoms in total. The number of amides is 3. The van der Waals surface area contributed by atoms with Gasteiger partial charge in [-0.1, -0.05) is 6.92 Å². The number of nitrogens with zero attached hydrogens (tertiary/aromatic N) is 1. The highest BCUT2D eigenvalue weighted by atomic mass is 16.4. The van der Waals surface area contributed by atoms with Crippen molar-refractivity contribution >= 4 is 17.9 Å². The molecule has 0 heterocycles. The van der Waals surface area contributed by atoms with Crippen LogP contribution < -0.4 is 10.6 Å². The molecule has 0 saturated heterocycles. The summed E-state index contributed by atoms with van der Waals surface area (Å²) in [6, 6.07) is -2.14. The molecule has 0 spiro atoms. The van der Waals surface area contributed by atoms with Gasteiger partial charge in [0.1, 0.15) is 6.54 Å². The molecule has 0 aromatic rings. The SMILES string of the molecule is CCCNC(=O)CN(C)C(=O)N[C@H](C(=O)O)[C@@H](C)O. The van der Waals surface area contributed by atoms with Gasteiger partial charge in [0.05, 0.1) is 6.10 Å². The van der Waals surface area contributed by atoms with Crippen molar-refractivity contribution in [3.63, 3.8) is 0 Å². The standard InChI is InChI=1S/C11H21N3O5/c1-4-5-12-8(16)6-14(3)11(19)13-9(7(2)15)10(17)18/h7,9,15H,4-6H2,1-3H3,(H,12,16)(H,13,19)(H,17,18)/t7-,9+/m1/s1. The van der Waals surface area contributed by atoms with E-state index >= 15 is 0 Å². The number of carbonyl (C=O) groups excluding carboxylic acids is 2. The molecule has 110 valence electrons. The number of rotatable bonds is 7. The molecule has 0 aromatic carbocycles. The Balaban J connectivity index is 4.33. The molecule has 0 rings (SSSR count). The van der Waals surface area contributed by atoms with Gasteiger partial charge in [-0.25, -0.2) is 9.59 Å². The maximum absolute atomic E-state index is 11.6. The first kappa shape index (κ1) is 17.2. The van der Waals surface area contributed by atoms with Crippen LogP contribution in [0.1, 0.15) is 20.3 Å². The van der Waals surface area contributed by atoms with Crippen LogP contribution >= 0.6 is 0 Å². The Bertz CT molecular complexity index is 332. The fourth-order valence-corrected chi connectivity index (χ4v) is 1.24. The largest absolute Gasteiger partial charge is 0.480 e. The molecule has 19 heavy (non-hydrogen) atoms. The topological polar surface area (TPSA) is 119 Å². The van der Waals surface area contributed by atoms with Crippen LogP contribution in [0.15, 0.2) is 0 Å². The number of nitrogens with one attached hydrogen (secondary N) is 2. The monoisotopic (exact) mass is 275 g/mol. The molecular weight excluding hydrogens is 254 g/mol. The van der Waals surface area contributed by atoms with E-state index in [1.807, 2.05) is 6.92 Å². The van der Waals surface area contributed by atoms with Gasteiger partial charge in [0, 0.05) is 13.6 Å². The number of carboxylic acids is 1. The van der Waals surface area contributed by atoms with E-state index in [0.29, 0.717) is 6.54 Å². The van der Waals surface area contributed by atoms with Crippen molar-refractivity contribution in [2.75, 3.05) is 20.1 Å². The minimum Gasteiger partial charge on any atom is -0.480 e. The van der Waals surface area contributed by atoms with E-state index in [1.54, 1.807) is 0 Å². The normalized spacial score (nSPS) is 13.3. The maximum atomic E-state index is 11.6. The summed E-state index contributed by atoms with van der Waals surface area (Å²) < 4.78 is 0. The van der Waals surface area contributed by atoms with Crippen molar-refractivity contribution in [3.8, 4) is 0 Å². The average molecular weight is 275 g/mol.